The molecular weight excluding hydrogens is 339 g/mol. The molecule has 0 aliphatic carbocycles. The van der Waals surface area contributed by atoms with Crippen LogP contribution in [0.15, 0.2) is 18.2 Å². The molecule has 0 spiro atoms. The van der Waals surface area contributed by atoms with Gasteiger partial charge in [-0.1, -0.05) is 0 Å². The molecule has 0 saturated carbocycles. The summed E-state index contributed by atoms with van der Waals surface area (Å²) in [6, 6.07) is 5.12. The van der Waals surface area contributed by atoms with Crippen LogP contribution in [0.2, 0.25) is 0 Å². The Morgan fingerprint density at radius 3 is 2.27 bits per heavy atom. The molecule has 144 valence electrons. The lowest BCUT2D eigenvalue weighted by atomic mass is 10.1. The normalized spacial score (nSPS) is 15.0. The van der Waals surface area contributed by atoms with Crippen molar-refractivity contribution in [3.63, 3.8) is 0 Å². The predicted molar refractivity (Wildman–Crippen MR) is 96.4 cm³/mol. The molecule has 26 heavy (non-hydrogen) atoms. The van der Waals surface area contributed by atoms with Crippen LogP contribution in [0, 0.1) is 6.92 Å². The largest absolute Gasteiger partial charge is 0.491 e. The monoisotopic (exact) mass is 366 g/mol. The molecule has 0 atom stereocenters. The Morgan fingerprint density at radius 2 is 1.73 bits per heavy atom. The molecule has 0 radical (unpaired) electrons. The Kier molecular flexibility index (Phi) is 6.45. The minimum absolute atomic E-state index is 0.000752. The topological polar surface area (TPSA) is 59.1 Å². The van der Waals surface area contributed by atoms with E-state index in [0.29, 0.717) is 37.5 Å². The van der Waals surface area contributed by atoms with Crippen molar-refractivity contribution in [1.29, 1.82) is 0 Å². The number of hydrogen-bond acceptors (Lipinski definition) is 4. The minimum atomic E-state index is -0.554. The summed E-state index contributed by atoms with van der Waals surface area (Å²) in [5.74, 6) is 0.489. The molecule has 0 aromatic heterocycles. The fourth-order valence-corrected chi connectivity index (χ4v) is 2.69. The number of aryl methyl sites for hydroxylation is 1. The zero-order valence-corrected chi connectivity index (χ0v) is 15.9. The molecule has 1 heterocycles. The molecule has 2 rings (SSSR count). The molecule has 1 aromatic rings. The van der Waals surface area contributed by atoms with Gasteiger partial charge in [0.15, 0.2) is 0 Å². The number of hydrogen-bond donors (Lipinski definition) is 0. The summed E-state index contributed by atoms with van der Waals surface area (Å²) in [4.78, 5) is 28.1. The van der Waals surface area contributed by atoms with Gasteiger partial charge in [-0.25, -0.2) is 9.18 Å². The molecule has 0 bridgehead atoms. The molecule has 0 N–H and O–H groups in total. The second kappa shape index (κ2) is 8.38. The molecule has 7 heteroatoms. The van der Waals surface area contributed by atoms with Crippen molar-refractivity contribution in [3.05, 3.63) is 29.3 Å². The first-order valence-electron chi connectivity index (χ1n) is 8.78. The van der Waals surface area contributed by atoms with E-state index in [0.717, 1.165) is 5.56 Å². The molecule has 6 nitrogen and oxygen atoms in total. The highest BCUT2D eigenvalue weighted by atomic mass is 19.1. The number of amides is 2. The lowest BCUT2D eigenvalue weighted by molar-refractivity contribution is 0.0141. The third kappa shape index (κ3) is 5.34. The quantitative estimate of drug-likeness (QED) is 0.822. The fourth-order valence-electron chi connectivity index (χ4n) is 2.69. The zero-order valence-electron chi connectivity index (χ0n) is 15.9. The Balaban J connectivity index is 1.94. The number of alkyl halides is 1. The van der Waals surface area contributed by atoms with Gasteiger partial charge in [-0.2, -0.15) is 0 Å². The summed E-state index contributed by atoms with van der Waals surface area (Å²) in [7, 11) is 0. The van der Waals surface area contributed by atoms with Crippen LogP contribution in [0.3, 0.4) is 0 Å². The average Bonchev–Trinajstić information content (AvgIpc) is 2.58. The Hall–Kier alpha value is -2.31. The summed E-state index contributed by atoms with van der Waals surface area (Å²) in [6.45, 7) is 8.55. The van der Waals surface area contributed by atoms with Crippen LogP contribution in [-0.2, 0) is 4.74 Å². The van der Waals surface area contributed by atoms with E-state index >= 15 is 0 Å². The highest BCUT2D eigenvalue weighted by Gasteiger charge is 2.28. The van der Waals surface area contributed by atoms with E-state index < -0.39 is 12.3 Å². The van der Waals surface area contributed by atoms with Gasteiger partial charge in [-0.15, -0.1) is 0 Å². The van der Waals surface area contributed by atoms with Crippen LogP contribution in [0.1, 0.15) is 36.7 Å². The van der Waals surface area contributed by atoms with Crippen molar-refractivity contribution in [3.8, 4) is 5.75 Å². The molecule has 1 saturated heterocycles. The summed E-state index contributed by atoms with van der Waals surface area (Å²) in [5, 5.41) is 0. The number of halogens is 1. The fraction of sp³-hybridized carbons (Fsp3) is 0.579. The van der Waals surface area contributed by atoms with Gasteiger partial charge in [0, 0.05) is 31.7 Å². The van der Waals surface area contributed by atoms with Crippen LogP contribution in [0.5, 0.6) is 5.75 Å². The number of rotatable bonds is 4. The first-order chi connectivity index (χ1) is 12.2. The zero-order chi connectivity index (χ0) is 19.3. The first kappa shape index (κ1) is 20.0. The smallest absolute Gasteiger partial charge is 0.410 e. The van der Waals surface area contributed by atoms with E-state index in [1.807, 2.05) is 27.7 Å². The number of ether oxygens (including phenoxy) is 2. The third-order valence-electron chi connectivity index (χ3n) is 3.98. The SMILES string of the molecule is Cc1cc(C(=O)N2CCN(C(=O)OC(C)(C)C)CC2)ccc1OCCF. The van der Waals surface area contributed by atoms with Crippen LogP contribution in [-0.4, -0.2) is 66.9 Å². The Bertz CT molecular complexity index is 649. The number of piperazine rings is 1. The Labute approximate surface area is 153 Å². The number of nitrogens with zero attached hydrogens (tertiary/aromatic N) is 2. The molecule has 2 amide bonds. The van der Waals surface area contributed by atoms with Crippen molar-refractivity contribution in [2.24, 2.45) is 0 Å². The Morgan fingerprint density at radius 1 is 1.12 bits per heavy atom. The molecule has 0 unspecified atom stereocenters. The van der Waals surface area contributed by atoms with Crippen LogP contribution < -0.4 is 4.74 Å². The predicted octanol–water partition coefficient (Wildman–Crippen LogP) is 3.04. The van der Waals surface area contributed by atoms with Gasteiger partial charge in [0.25, 0.3) is 5.91 Å². The van der Waals surface area contributed by atoms with E-state index in [4.69, 9.17) is 9.47 Å². The highest BCUT2D eigenvalue weighted by Crippen LogP contribution is 2.21. The molecule has 1 aliphatic rings. The minimum Gasteiger partial charge on any atom is -0.491 e. The standard InChI is InChI=1S/C19H27FN2O4/c1-14-13-15(5-6-16(14)25-12-7-20)17(23)21-8-10-22(11-9-21)18(24)26-19(2,3)4/h5-6,13H,7-12H2,1-4H3. The lowest BCUT2D eigenvalue weighted by Gasteiger charge is -2.35. The van der Waals surface area contributed by atoms with Crippen molar-refractivity contribution >= 4 is 12.0 Å². The van der Waals surface area contributed by atoms with Gasteiger partial charge >= 0.3 is 6.09 Å². The second-order valence-corrected chi connectivity index (χ2v) is 7.28. The number of carbonyl (C=O) groups is 2. The summed E-state index contributed by atoms with van der Waals surface area (Å²) in [6.07, 6.45) is -0.352. The summed E-state index contributed by atoms with van der Waals surface area (Å²) in [5.41, 5.74) is 0.811. The van der Waals surface area contributed by atoms with Crippen molar-refractivity contribution in [2.45, 2.75) is 33.3 Å². The second-order valence-electron chi connectivity index (χ2n) is 7.28. The van der Waals surface area contributed by atoms with Gasteiger partial charge in [-0.3, -0.25) is 4.79 Å². The first-order valence-corrected chi connectivity index (χ1v) is 8.78. The maximum absolute atomic E-state index is 12.7. The van der Waals surface area contributed by atoms with E-state index in [1.54, 1.807) is 28.0 Å². The maximum Gasteiger partial charge on any atom is 0.410 e. The van der Waals surface area contributed by atoms with Crippen LogP contribution in [0.25, 0.3) is 0 Å². The van der Waals surface area contributed by atoms with Gasteiger partial charge in [0.2, 0.25) is 0 Å². The van der Waals surface area contributed by atoms with E-state index in [-0.39, 0.29) is 18.6 Å². The molecule has 1 aliphatic heterocycles. The van der Waals surface area contributed by atoms with E-state index in [2.05, 4.69) is 0 Å². The lowest BCUT2D eigenvalue weighted by Crippen LogP contribution is -2.51. The highest BCUT2D eigenvalue weighted by molar-refractivity contribution is 5.94. The third-order valence-corrected chi connectivity index (χ3v) is 3.98. The van der Waals surface area contributed by atoms with Gasteiger partial charge in [0.05, 0.1) is 0 Å². The van der Waals surface area contributed by atoms with Crippen LogP contribution >= 0.6 is 0 Å². The van der Waals surface area contributed by atoms with Crippen molar-refractivity contribution in [2.75, 3.05) is 39.5 Å². The number of carbonyl (C=O) groups excluding carboxylic acids is 2. The van der Waals surface area contributed by atoms with Gasteiger partial charge in [0.1, 0.15) is 24.6 Å². The number of benzene rings is 1. The summed E-state index contributed by atoms with van der Waals surface area (Å²) < 4.78 is 22.9. The van der Waals surface area contributed by atoms with Gasteiger partial charge < -0.3 is 19.3 Å². The van der Waals surface area contributed by atoms with Crippen molar-refractivity contribution in [1.82, 2.24) is 9.80 Å². The van der Waals surface area contributed by atoms with E-state index in [9.17, 15) is 14.0 Å². The maximum atomic E-state index is 12.7. The summed E-state index contributed by atoms with van der Waals surface area (Å²) >= 11 is 0. The molecule has 1 fully saturated rings. The molecule has 1 aromatic carbocycles. The average molecular weight is 366 g/mol. The van der Waals surface area contributed by atoms with E-state index in [1.165, 1.54) is 0 Å². The van der Waals surface area contributed by atoms with Gasteiger partial charge in [-0.05, 0) is 51.5 Å². The van der Waals surface area contributed by atoms with Crippen molar-refractivity contribution < 1.29 is 23.5 Å². The molecular formula is C19H27FN2O4. The van der Waals surface area contributed by atoms with Crippen LogP contribution in [0.4, 0.5) is 9.18 Å².